The molecule has 232 valence electrons. The monoisotopic (exact) mass is 587 g/mol. The molecule has 43 heavy (non-hydrogen) atoms. The molecule has 0 amide bonds. The summed E-state index contributed by atoms with van der Waals surface area (Å²) in [4.78, 5) is 33.9. The van der Waals surface area contributed by atoms with Crippen LogP contribution in [0.4, 0.5) is 11.4 Å². The van der Waals surface area contributed by atoms with Gasteiger partial charge in [-0.3, -0.25) is 9.59 Å². The second-order valence-electron chi connectivity index (χ2n) is 12.0. The minimum atomic E-state index is -0.204. The van der Waals surface area contributed by atoms with E-state index in [0.717, 1.165) is 106 Å². The lowest BCUT2D eigenvalue weighted by Gasteiger charge is -2.29. The van der Waals surface area contributed by atoms with E-state index >= 15 is 0 Å². The number of benzene rings is 2. The van der Waals surface area contributed by atoms with Crippen LogP contribution in [-0.2, 0) is 9.47 Å². The molecule has 0 N–H and O–H groups in total. The van der Waals surface area contributed by atoms with Crippen LogP contribution in [0.2, 0.25) is 0 Å². The van der Waals surface area contributed by atoms with Gasteiger partial charge in [-0.2, -0.15) is 0 Å². The molecule has 2 aromatic carbocycles. The lowest BCUT2D eigenvalue weighted by molar-refractivity contribution is 0.0899. The molecule has 2 aromatic rings. The number of rotatable bonds is 15. The van der Waals surface area contributed by atoms with Crippen molar-refractivity contribution in [2.45, 2.75) is 32.6 Å². The molecule has 0 aliphatic carbocycles. The Morgan fingerprint density at radius 1 is 0.721 bits per heavy atom. The summed E-state index contributed by atoms with van der Waals surface area (Å²) >= 11 is 0. The van der Waals surface area contributed by atoms with E-state index in [1.165, 1.54) is 0 Å². The minimum absolute atomic E-state index is 0.130. The number of ether oxygens (including phenoxy) is 2. The van der Waals surface area contributed by atoms with Crippen molar-refractivity contribution in [2.75, 3.05) is 83.0 Å². The molecular formula is C36H49N3O4. The third kappa shape index (κ3) is 9.12. The SMILES string of the molecule is C=C(CC(CC)C(=O)c1ccc(N2CCOCC2)cc1)C(=C)CC(CCN(C)C)C(=O)c1ccc(N2CCOCC2)cc1. The highest BCUT2D eigenvalue weighted by atomic mass is 16.5. The highest BCUT2D eigenvalue weighted by Gasteiger charge is 2.25. The Morgan fingerprint density at radius 2 is 1.12 bits per heavy atom. The van der Waals surface area contributed by atoms with Crippen molar-refractivity contribution in [1.82, 2.24) is 4.90 Å². The number of anilines is 2. The Balaban J connectivity index is 1.38. The molecular weight excluding hydrogens is 538 g/mol. The van der Waals surface area contributed by atoms with Gasteiger partial charge in [0.1, 0.15) is 0 Å². The Labute approximate surface area is 258 Å². The molecule has 2 fully saturated rings. The molecule has 7 heteroatoms. The van der Waals surface area contributed by atoms with Crippen LogP contribution in [0.5, 0.6) is 0 Å². The van der Waals surface area contributed by atoms with Crippen molar-refractivity contribution in [3.05, 3.63) is 84.0 Å². The summed E-state index contributed by atoms with van der Waals surface area (Å²) < 4.78 is 10.9. The molecule has 0 aromatic heterocycles. The Bertz CT molecular complexity index is 1230. The predicted molar refractivity (Wildman–Crippen MR) is 176 cm³/mol. The fourth-order valence-electron chi connectivity index (χ4n) is 5.83. The summed E-state index contributed by atoms with van der Waals surface area (Å²) in [5, 5.41) is 0. The van der Waals surface area contributed by atoms with Crippen molar-refractivity contribution >= 4 is 22.9 Å². The first kappa shape index (κ1) is 32.6. The number of hydrogen-bond acceptors (Lipinski definition) is 7. The van der Waals surface area contributed by atoms with Crippen LogP contribution in [0.25, 0.3) is 0 Å². The first-order valence-corrected chi connectivity index (χ1v) is 15.7. The zero-order valence-corrected chi connectivity index (χ0v) is 26.4. The second-order valence-corrected chi connectivity index (χ2v) is 12.0. The van der Waals surface area contributed by atoms with Gasteiger partial charge in [0.15, 0.2) is 11.6 Å². The van der Waals surface area contributed by atoms with Crippen LogP contribution in [0.3, 0.4) is 0 Å². The smallest absolute Gasteiger partial charge is 0.166 e. The maximum atomic E-state index is 13.7. The van der Waals surface area contributed by atoms with Crippen molar-refractivity contribution in [2.24, 2.45) is 11.8 Å². The minimum Gasteiger partial charge on any atom is -0.378 e. The van der Waals surface area contributed by atoms with E-state index in [0.29, 0.717) is 12.8 Å². The number of ketones is 2. The average molecular weight is 588 g/mol. The lowest BCUT2D eigenvalue weighted by atomic mass is 9.83. The van der Waals surface area contributed by atoms with E-state index in [2.05, 4.69) is 27.9 Å². The lowest BCUT2D eigenvalue weighted by Crippen LogP contribution is -2.36. The van der Waals surface area contributed by atoms with Gasteiger partial charge in [0.05, 0.1) is 26.4 Å². The van der Waals surface area contributed by atoms with Crippen molar-refractivity contribution in [3.8, 4) is 0 Å². The molecule has 0 radical (unpaired) electrons. The normalized spacial score (nSPS) is 17.0. The molecule has 2 unspecified atom stereocenters. The number of carbonyl (C=O) groups is 2. The van der Waals surface area contributed by atoms with Crippen LogP contribution >= 0.6 is 0 Å². The summed E-state index contributed by atoms with van der Waals surface area (Å²) in [5.74, 6) is -0.120. The second kappa shape index (κ2) is 16.0. The third-order valence-electron chi connectivity index (χ3n) is 8.70. The van der Waals surface area contributed by atoms with Crippen LogP contribution in [0, 0.1) is 11.8 Å². The topological polar surface area (TPSA) is 62.3 Å². The molecule has 0 spiro atoms. The van der Waals surface area contributed by atoms with Gasteiger partial charge in [0.2, 0.25) is 0 Å². The summed E-state index contributed by atoms with van der Waals surface area (Å²) in [6, 6.07) is 15.9. The zero-order chi connectivity index (χ0) is 30.8. The molecule has 0 saturated carbocycles. The van der Waals surface area contributed by atoms with Gasteiger partial charge in [-0.15, -0.1) is 0 Å². The number of hydrogen-bond donors (Lipinski definition) is 0. The van der Waals surface area contributed by atoms with Gasteiger partial charge < -0.3 is 24.2 Å². The highest BCUT2D eigenvalue weighted by molar-refractivity contribution is 5.99. The first-order chi connectivity index (χ1) is 20.8. The van der Waals surface area contributed by atoms with Crippen molar-refractivity contribution < 1.29 is 19.1 Å². The molecule has 4 rings (SSSR count). The summed E-state index contributed by atoms with van der Waals surface area (Å²) in [6.45, 7) is 17.9. The number of Topliss-reactive ketones (excluding diaryl/α,β-unsaturated/α-hetero) is 2. The van der Waals surface area contributed by atoms with E-state index in [1.54, 1.807) is 0 Å². The van der Waals surface area contributed by atoms with Crippen molar-refractivity contribution in [1.29, 1.82) is 0 Å². The van der Waals surface area contributed by atoms with Crippen LogP contribution < -0.4 is 9.80 Å². The molecule has 2 atom stereocenters. The third-order valence-corrected chi connectivity index (χ3v) is 8.70. The van der Waals surface area contributed by atoms with E-state index in [9.17, 15) is 9.59 Å². The Morgan fingerprint density at radius 3 is 1.51 bits per heavy atom. The summed E-state index contributed by atoms with van der Waals surface area (Å²) in [6.07, 6.45) is 2.53. The predicted octanol–water partition coefficient (Wildman–Crippen LogP) is 5.91. The standard InChI is InChI=1S/C36H49N3O4/c1-6-29(35(40)30-7-11-33(12-8-30)38-17-21-42-22-18-38)25-27(2)28(3)26-32(15-16-37(4)5)36(41)31-9-13-34(14-10-31)39-19-23-43-24-20-39/h7-14,29,32H,2-3,6,15-26H2,1,4-5H3. The first-order valence-electron chi connectivity index (χ1n) is 15.7. The Hall–Kier alpha value is -3.26. The maximum Gasteiger partial charge on any atom is 0.166 e. The largest absolute Gasteiger partial charge is 0.378 e. The molecule has 0 bridgehead atoms. The summed E-state index contributed by atoms with van der Waals surface area (Å²) in [7, 11) is 4.05. The van der Waals surface area contributed by atoms with Crippen LogP contribution in [0.1, 0.15) is 53.3 Å². The van der Waals surface area contributed by atoms with E-state index in [1.807, 2.05) is 69.6 Å². The van der Waals surface area contributed by atoms with E-state index in [4.69, 9.17) is 9.47 Å². The highest BCUT2D eigenvalue weighted by Crippen LogP contribution is 2.30. The quantitative estimate of drug-likeness (QED) is 0.190. The number of morpholine rings is 2. The van der Waals surface area contributed by atoms with Gasteiger partial charge in [0, 0.05) is 60.5 Å². The molecule has 2 aliphatic rings. The molecule has 2 aliphatic heterocycles. The molecule has 7 nitrogen and oxygen atoms in total. The number of allylic oxidation sites excluding steroid dienone is 2. The molecule has 2 heterocycles. The number of nitrogens with zero attached hydrogens (tertiary/aromatic N) is 3. The van der Waals surface area contributed by atoms with Gasteiger partial charge in [-0.1, -0.05) is 31.2 Å². The maximum absolute atomic E-state index is 13.7. The van der Waals surface area contributed by atoms with Crippen molar-refractivity contribution in [3.63, 3.8) is 0 Å². The average Bonchev–Trinajstić information content (AvgIpc) is 3.05. The van der Waals surface area contributed by atoms with E-state index < -0.39 is 0 Å². The fourth-order valence-corrected chi connectivity index (χ4v) is 5.83. The van der Waals surface area contributed by atoms with Crippen LogP contribution in [0.15, 0.2) is 72.8 Å². The fraction of sp³-hybridized carbons (Fsp3) is 0.500. The molecule has 2 saturated heterocycles. The van der Waals surface area contributed by atoms with Crippen LogP contribution in [-0.4, -0.2) is 89.7 Å². The van der Waals surface area contributed by atoms with Gasteiger partial charge in [0.25, 0.3) is 0 Å². The van der Waals surface area contributed by atoms with Gasteiger partial charge in [-0.05, 0) is 94.9 Å². The van der Waals surface area contributed by atoms with E-state index in [-0.39, 0.29) is 23.4 Å². The Kier molecular flexibility index (Phi) is 12.1. The number of carbonyl (C=O) groups excluding carboxylic acids is 2. The van der Waals surface area contributed by atoms with Gasteiger partial charge in [-0.25, -0.2) is 0 Å². The summed E-state index contributed by atoms with van der Waals surface area (Å²) in [5.41, 5.74) is 5.40. The van der Waals surface area contributed by atoms with Gasteiger partial charge >= 0.3 is 0 Å². The zero-order valence-electron chi connectivity index (χ0n) is 26.4.